The minimum absolute atomic E-state index is 0.229. The third-order valence-corrected chi connectivity index (χ3v) is 7.29. The summed E-state index contributed by atoms with van der Waals surface area (Å²) in [5, 5.41) is 21.4. The fourth-order valence-electron chi connectivity index (χ4n) is 6.61. The van der Waals surface area contributed by atoms with E-state index in [1.807, 2.05) is 24.3 Å². The Morgan fingerprint density at radius 1 is 0.792 bits per heavy atom. The molecule has 0 aliphatic heterocycles. The third-order valence-electron chi connectivity index (χ3n) is 7.29. The molecule has 2 aromatic carbocycles. The summed E-state index contributed by atoms with van der Waals surface area (Å²) in [7, 11) is 0. The maximum Gasteiger partial charge on any atom is 0.119 e. The number of phenolic OH excluding ortho intramolecular Hbond substituents is 2. The fraction of sp³-hybridized carbons (Fsp3) is 0.455. The molecule has 3 saturated carbocycles. The Hall–Kier alpha value is -1.96. The summed E-state index contributed by atoms with van der Waals surface area (Å²) in [5.41, 5.74) is 1.81. The van der Waals surface area contributed by atoms with Crippen molar-refractivity contribution in [2.75, 3.05) is 0 Å². The van der Waals surface area contributed by atoms with Crippen molar-refractivity contribution in [3.05, 3.63) is 59.7 Å². The molecule has 3 aliphatic rings. The molecular formula is C22H24O2. The van der Waals surface area contributed by atoms with Crippen molar-refractivity contribution >= 4 is 0 Å². The van der Waals surface area contributed by atoms with Crippen LogP contribution >= 0.6 is 0 Å². The van der Waals surface area contributed by atoms with Crippen LogP contribution in [0.4, 0.5) is 0 Å². The molecule has 3 aliphatic carbocycles. The normalized spacial score (nSPS) is 32.8. The molecule has 0 heterocycles. The summed E-state index contributed by atoms with van der Waals surface area (Å²) < 4.78 is 0. The van der Waals surface area contributed by atoms with Crippen molar-refractivity contribution in [3.63, 3.8) is 0 Å². The maximum atomic E-state index is 10.7. The van der Waals surface area contributed by atoms with Gasteiger partial charge in [-0.1, -0.05) is 42.8 Å². The molecule has 4 unspecified atom stereocenters. The molecule has 2 nitrogen and oxygen atoms in total. The minimum atomic E-state index is -0.229. The van der Waals surface area contributed by atoms with Crippen molar-refractivity contribution in [1.82, 2.24) is 0 Å². The smallest absolute Gasteiger partial charge is 0.119 e. The lowest BCUT2D eigenvalue weighted by atomic mass is 9.59. The lowest BCUT2D eigenvalue weighted by molar-refractivity contribution is 0.176. The lowest BCUT2D eigenvalue weighted by Gasteiger charge is -2.44. The standard InChI is InChI=1S/C22H24O2/c23-20-10-3-1-8-17(20)22(18-9-2-4-11-21(18)24)13-14-12-19(22)16-7-5-6-15(14)16/h1-4,8-11,14-16,19,23-24H,5-7,12-13H2. The fourth-order valence-corrected chi connectivity index (χ4v) is 6.61. The highest BCUT2D eigenvalue weighted by molar-refractivity contribution is 5.53. The highest BCUT2D eigenvalue weighted by Gasteiger charge is 2.62. The second kappa shape index (κ2) is 5.02. The number of hydrogen-bond acceptors (Lipinski definition) is 2. The van der Waals surface area contributed by atoms with Crippen LogP contribution in [0.3, 0.4) is 0 Å². The minimum Gasteiger partial charge on any atom is -0.508 e. The van der Waals surface area contributed by atoms with Gasteiger partial charge in [0, 0.05) is 16.5 Å². The van der Waals surface area contributed by atoms with E-state index in [2.05, 4.69) is 12.1 Å². The first-order valence-corrected chi connectivity index (χ1v) is 9.29. The van der Waals surface area contributed by atoms with Gasteiger partial charge < -0.3 is 10.2 Å². The van der Waals surface area contributed by atoms with Crippen LogP contribution in [0.2, 0.25) is 0 Å². The van der Waals surface area contributed by atoms with Crippen molar-refractivity contribution in [2.45, 2.75) is 37.5 Å². The van der Waals surface area contributed by atoms with Crippen LogP contribution in [-0.4, -0.2) is 10.2 Å². The molecule has 5 rings (SSSR count). The second-order valence-corrected chi connectivity index (χ2v) is 8.07. The molecule has 2 aromatic rings. The lowest BCUT2D eigenvalue weighted by Crippen LogP contribution is -2.40. The van der Waals surface area contributed by atoms with Crippen molar-refractivity contribution in [2.24, 2.45) is 23.7 Å². The Kier molecular flexibility index (Phi) is 3.01. The van der Waals surface area contributed by atoms with E-state index in [9.17, 15) is 10.2 Å². The van der Waals surface area contributed by atoms with E-state index < -0.39 is 0 Å². The van der Waals surface area contributed by atoms with E-state index in [4.69, 9.17) is 0 Å². The van der Waals surface area contributed by atoms with Gasteiger partial charge in [-0.2, -0.15) is 0 Å². The van der Waals surface area contributed by atoms with E-state index in [-0.39, 0.29) is 5.41 Å². The van der Waals surface area contributed by atoms with Crippen LogP contribution in [-0.2, 0) is 5.41 Å². The number of fused-ring (bicyclic) bond motifs is 5. The number of benzene rings is 2. The van der Waals surface area contributed by atoms with Gasteiger partial charge in [0.15, 0.2) is 0 Å². The number of phenols is 2. The molecular weight excluding hydrogens is 296 g/mol. The molecule has 2 N–H and O–H groups in total. The zero-order chi connectivity index (χ0) is 16.3. The average molecular weight is 320 g/mol. The number of rotatable bonds is 2. The summed E-state index contributed by atoms with van der Waals surface area (Å²) in [6.07, 6.45) is 6.35. The molecule has 0 spiro atoms. The monoisotopic (exact) mass is 320 g/mol. The van der Waals surface area contributed by atoms with Gasteiger partial charge in [-0.05, 0) is 61.5 Å². The van der Waals surface area contributed by atoms with Gasteiger partial charge in [-0.25, -0.2) is 0 Å². The summed E-state index contributed by atoms with van der Waals surface area (Å²) >= 11 is 0. The largest absolute Gasteiger partial charge is 0.508 e. The zero-order valence-electron chi connectivity index (χ0n) is 13.9. The Morgan fingerprint density at radius 2 is 1.38 bits per heavy atom. The number of aromatic hydroxyl groups is 2. The molecule has 0 aromatic heterocycles. The van der Waals surface area contributed by atoms with Gasteiger partial charge in [-0.15, -0.1) is 0 Å². The quantitative estimate of drug-likeness (QED) is 0.831. The van der Waals surface area contributed by atoms with Gasteiger partial charge in [-0.3, -0.25) is 0 Å². The van der Waals surface area contributed by atoms with Crippen LogP contribution in [0, 0.1) is 23.7 Å². The van der Waals surface area contributed by atoms with Crippen LogP contribution in [0.5, 0.6) is 11.5 Å². The SMILES string of the molecule is Oc1ccccc1C1(c2ccccc2O)CC2CC1C1CCCC21. The molecule has 24 heavy (non-hydrogen) atoms. The molecule has 0 amide bonds. The zero-order valence-corrected chi connectivity index (χ0v) is 13.9. The molecule has 124 valence electrons. The summed E-state index contributed by atoms with van der Waals surface area (Å²) in [6.45, 7) is 0. The molecule has 4 atom stereocenters. The van der Waals surface area contributed by atoms with Crippen LogP contribution in [0.1, 0.15) is 43.2 Å². The van der Waals surface area contributed by atoms with Crippen molar-refractivity contribution < 1.29 is 10.2 Å². The first kappa shape index (κ1) is 14.4. The number of para-hydroxylation sites is 2. The maximum absolute atomic E-state index is 10.7. The van der Waals surface area contributed by atoms with Gasteiger partial charge >= 0.3 is 0 Å². The summed E-state index contributed by atoms with van der Waals surface area (Å²) in [5.74, 6) is 3.66. The average Bonchev–Trinajstić information content (AvgIpc) is 3.28. The van der Waals surface area contributed by atoms with Gasteiger partial charge in [0.2, 0.25) is 0 Å². The Bertz CT molecular complexity index is 736. The van der Waals surface area contributed by atoms with E-state index in [0.29, 0.717) is 17.4 Å². The van der Waals surface area contributed by atoms with E-state index >= 15 is 0 Å². The highest BCUT2D eigenvalue weighted by Crippen LogP contribution is 2.69. The predicted molar refractivity (Wildman–Crippen MR) is 94.0 cm³/mol. The van der Waals surface area contributed by atoms with E-state index in [1.54, 1.807) is 12.1 Å². The second-order valence-electron chi connectivity index (χ2n) is 8.07. The Morgan fingerprint density at radius 3 is 2.00 bits per heavy atom. The highest BCUT2D eigenvalue weighted by atomic mass is 16.3. The topological polar surface area (TPSA) is 40.5 Å². The van der Waals surface area contributed by atoms with E-state index in [1.165, 1.54) is 25.7 Å². The van der Waals surface area contributed by atoms with Gasteiger partial charge in [0.05, 0.1) is 0 Å². The molecule has 2 bridgehead atoms. The van der Waals surface area contributed by atoms with E-state index in [0.717, 1.165) is 35.3 Å². The Labute approximate surface area is 143 Å². The van der Waals surface area contributed by atoms with Crippen molar-refractivity contribution in [3.8, 4) is 11.5 Å². The van der Waals surface area contributed by atoms with Gasteiger partial charge in [0.25, 0.3) is 0 Å². The third kappa shape index (κ3) is 1.72. The van der Waals surface area contributed by atoms with Gasteiger partial charge in [0.1, 0.15) is 11.5 Å². The molecule has 0 radical (unpaired) electrons. The molecule has 2 heteroatoms. The Balaban J connectivity index is 1.75. The molecule has 3 fully saturated rings. The summed E-state index contributed by atoms with van der Waals surface area (Å²) in [4.78, 5) is 0. The first-order chi connectivity index (χ1) is 11.7. The summed E-state index contributed by atoms with van der Waals surface area (Å²) in [6, 6.07) is 15.6. The predicted octanol–water partition coefficient (Wildman–Crippen LogP) is 4.84. The number of hydrogen-bond donors (Lipinski definition) is 2. The van der Waals surface area contributed by atoms with Crippen LogP contribution in [0.25, 0.3) is 0 Å². The first-order valence-electron chi connectivity index (χ1n) is 9.29. The van der Waals surface area contributed by atoms with Crippen LogP contribution < -0.4 is 0 Å². The van der Waals surface area contributed by atoms with Crippen molar-refractivity contribution in [1.29, 1.82) is 0 Å². The molecule has 0 saturated heterocycles. The van der Waals surface area contributed by atoms with Crippen LogP contribution in [0.15, 0.2) is 48.5 Å².